The lowest BCUT2D eigenvalue weighted by molar-refractivity contribution is 0.168. The van der Waals surface area contributed by atoms with E-state index in [1.165, 1.54) is 16.9 Å². The van der Waals surface area contributed by atoms with Crippen molar-refractivity contribution in [2.45, 2.75) is 32.6 Å². The molecule has 4 rings (SSSR count). The SMILES string of the molecule is CC(O)Cn1cc(-c2cnc(N)c(O[C@H](C)c3cc(F)ccc3-n3nccn3)c2)cn1. The maximum absolute atomic E-state index is 14.0. The van der Waals surface area contributed by atoms with Crippen LogP contribution in [0.15, 0.2) is 55.2 Å². The molecule has 0 aliphatic heterocycles. The summed E-state index contributed by atoms with van der Waals surface area (Å²) in [5.41, 5.74) is 8.75. The molecule has 0 aliphatic carbocycles. The van der Waals surface area contributed by atoms with Crippen LogP contribution in [0.3, 0.4) is 0 Å². The van der Waals surface area contributed by atoms with Crippen LogP contribution in [0.4, 0.5) is 10.2 Å². The van der Waals surface area contributed by atoms with Crippen molar-refractivity contribution in [3.63, 3.8) is 0 Å². The molecule has 0 bridgehead atoms. The number of halogens is 1. The van der Waals surface area contributed by atoms with Crippen LogP contribution in [-0.2, 0) is 6.54 Å². The molecule has 2 atom stereocenters. The summed E-state index contributed by atoms with van der Waals surface area (Å²) in [4.78, 5) is 5.63. The van der Waals surface area contributed by atoms with Crippen molar-refractivity contribution in [3.8, 4) is 22.6 Å². The quantitative estimate of drug-likeness (QED) is 0.469. The summed E-state index contributed by atoms with van der Waals surface area (Å²) in [6.45, 7) is 3.86. The van der Waals surface area contributed by atoms with Crippen molar-refractivity contribution in [2.75, 3.05) is 5.73 Å². The summed E-state index contributed by atoms with van der Waals surface area (Å²) in [5.74, 6) is 0.172. The minimum Gasteiger partial charge on any atom is -0.482 e. The van der Waals surface area contributed by atoms with E-state index in [-0.39, 0.29) is 5.82 Å². The van der Waals surface area contributed by atoms with Crippen molar-refractivity contribution in [3.05, 3.63) is 66.6 Å². The lowest BCUT2D eigenvalue weighted by Crippen LogP contribution is -2.11. The number of aliphatic hydroxyl groups is 1. The van der Waals surface area contributed by atoms with E-state index in [4.69, 9.17) is 10.5 Å². The van der Waals surface area contributed by atoms with Gasteiger partial charge in [0.15, 0.2) is 11.6 Å². The van der Waals surface area contributed by atoms with Gasteiger partial charge in [0.25, 0.3) is 0 Å². The Kier molecular flexibility index (Phi) is 5.63. The number of aromatic nitrogens is 6. The Morgan fingerprint density at radius 3 is 2.61 bits per heavy atom. The summed E-state index contributed by atoms with van der Waals surface area (Å²) in [5, 5.41) is 22.0. The average molecular weight is 423 g/mol. The van der Waals surface area contributed by atoms with Crippen LogP contribution in [0.2, 0.25) is 0 Å². The predicted octanol–water partition coefficient (Wildman–Crippen LogP) is 2.77. The van der Waals surface area contributed by atoms with E-state index < -0.39 is 18.0 Å². The summed E-state index contributed by atoms with van der Waals surface area (Å²) < 4.78 is 21.7. The van der Waals surface area contributed by atoms with Gasteiger partial charge in [-0.15, -0.1) is 0 Å². The van der Waals surface area contributed by atoms with Crippen molar-refractivity contribution in [1.82, 2.24) is 29.8 Å². The Bertz CT molecular complexity index is 1170. The molecule has 160 valence electrons. The lowest BCUT2D eigenvalue weighted by Gasteiger charge is -2.19. The molecule has 9 nitrogen and oxygen atoms in total. The highest BCUT2D eigenvalue weighted by atomic mass is 19.1. The van der Waals surface area contributed by atoms with Crippen LogP contribution < -0.4 is 10.5 Å². The maximum Gasteiger partial charge on any atom is 0.166 e. The van der Waals surface area contributed by atoms with E-state index in [0.29, 0.717) is 23.5 Å². The third-order valence-corrected chi connectivity index (χ3v) is 4.67. The average Bonchev–Trinajstić information content (AvgIpc) is 3.41. The second-order valence-corrected chi connectivity index (χ2v) is 7.19. The fourth-order valence-corrected chi connectivity index (χ4v) is 3.22. The molecule has 3 N–H and O–H groups in total. The van der Waals surface area contributed by atoms with Crippen LogP contribution in [0, 0.1) is 5.82 Å². The highest BCUT2D eigenvalue weighted by molar-refractivity contribution is 5.65. The Morgan fingerprint density at radius 2 is 1.87 bits per heavy atom. The molecule has 0 aliphatic rings. The molecule has 31 heavy (non-hydrogen) atoms. The molecule has 0 amide bonds. The van der Waals surface area contributed by atoms with E-state index in [1.54, 1.807) is 61.6 Å². The number of nitrogens with two attached hydrogens (primary N) is 1. The summed E-state index contributed by atoms with van der Waals surface area (Å²) in [6.07, 6.45) is 7.12. The van der Waals surface area contributed by atoms with Gasteiger partial charge in [0.05, 0.1) is 36.9 Å². The zero-order valence-electron chi connectivity index (χ0n) is 17.1. The number of pyridine rings is 1. The van der Waals surface area contributed by atoms with E-state index in [2.05, 4.69) is 20.3 Å². The van der Waals surface area contributed by atoms with Gasteiger partial charge in [-0.3, -0.25) is 4.68 Å². The smallest absolute Gasteiger partial charge is 0.166 e. The number of nitrogens with zero attached hydrogens (tertiary/aromatic N) is 6. The second-order valence-electron chi connectivity index (χ2n) is 7.19. The molecule has 3 aromatic heterocycles. The molecule has 10 heteroatoms. The van der Waals surface area contributed by atoms with E-state index in [0.717, 1.165) is 11.1 Å². The first kappa shape index (κ1) is 20.5. The molecule has 1 unspecified atom stereocenters. The topological polar surface area (TPSA) is 117 Å². The number of anilines is 1. The van der Waals surface area contributed by atoms with Crippen LogP contribution in [0.1, 0.15) is 25.5 Å². The number of ether oxygens (including phenoxy) is 1. The molecule has 0 saturated carbocycles. The Hall–Kier alpha value is -3.79. The highest BCUT2D eigenvalue weighted by Gasteiger charge is 2.18. The molecule has 0 spiro atoms. The van der Waals surface area contributed by atoms with Gasteiger partial charge in [-0.1, -0.05) is 0 Å². The largest absolute Gasteiger partial charge is 0.482 e. The monoisotopic (exact) mass is 423 g/mol. The molecular weight excluding hydrogens is 401 g/mol. The van der Waals surface area contributed by atoms with Crippen molar-refractivity contribution in [2.24, 2.45) is 0 Å². The molecule has 4 aromatic rings. The normalized spacial score (nSPS) is 13.2. The number of nitrogen functional groups attached to an aromatic ring is 1. The van der Waals surface area contributed by atoms with Gasteiger partial charge in [-0.05, 0) is 38.1 Å². The van der Waals surface area contributed by atoms with E-state index in [1.807, 2.05) is 0 Å². The molecule has 3 heterocycles. The first-order valence-electron chi connectivity index (χ1n) is 9.70. The highest BCUT2D eigenvalue weighted by Crippen LogP contribution is 2.32. The van der Waals surface area contributed by atoms with Gasteiger partial charge >= 0.3 is 0 Å². The Morgan fingerprint density at radius 1 is 1.10 bits per heavy atom. The first-order chi connectivity index (χ1) is 14.9. The Labute approximate surface area is 177 Å². The van der Waals surface area contributed by atoms with Crippen molar-refractivity contribution in [1.29, 1.82) is 0 Å². The fourth-order valence-electron chi connectivity index (χ4n) is 3.22. The van der Waals surface area contributed by atoms with Gasteiger partial charge in [0.1, 0.15) is 11.9 Å². The fraction of sp³-hybridized carbons (Fsp3) is 0.238. The number of aliphatic hydroxyl groups excluding tert-OH is 1. The van der Waals surface area contributed by atoms with Gasteiger partial charge < -0.3 is 15.6 Å². The van der Waals surface area contributed by atoms with E-state index in [9.17, 15) is 9.50 Å². The maximum atomic E-state index is 14.0. The first-order valence-corrected chi connectivity index (χ1v) is 9.70. The molecule has 0 fully saturated rings. The van der Waals surface area contributed by atoms with Crippen LogP contribution in [0.25, 0.3) is 16.8 Å². The third kappa shape index (κ3) is 4.53. The Balaban J connectivity index is 1.62. The van der Waals surface area contributed by atoms with Crippen LogP contribution in [-0.4, -0.2) is 41.0 Å². The summed E-state index contributed by atoms with van der Waals surface area (Å²) >= 11 is 0. The second kappa shape index (κ2) is 8.52. The number of benzene rings is 1. The van der Waals surface area contributed by atoms with Gasteiger partial charge in [0.2, 0.25) is 0 Å². The predicted molar refractivity (Wildman–Crippen MR) is 112 cm³/mol. The number of hydrogen-bond acceptors (Lipinski definition) is 7. The molecule has 0 saturated heterocycles. The minimum atomic E-state index is -0.561. The molecular formula is C21H22FN7O2. The van der Waals surface area contributed by atoms with Gasteiger partial charge in [0, 0.05) is 29.1 Å². The summed E-state index contributed by atoms with van der Waals surface area (Å²) in [7, 11) is 0. The van der Waals surface area contributed by atoms with Crippen LogP contribution >= 0.6 is 0 Å². The van der Waals surface area contributed by atoms with Gasteiger partial charge in [-0.2, -0.15) is 20.1 Å². The minimum absolute atomic E-state index is 0.210. The zero-order valence-corrected chi connectivity index (χ0v) is 17.1. The number of hydrogen-bond donors (Lipinski definition) is 2. The van der Waals surface area contributed by atoms with E-state index >= 15 is 0 Å². The standard InChI is InChI=1S/C21H22FN7O2/c1-13(30)11-28-12-16(10-27-28)15-7-20(21(23)24-9-15)31-14(2)18-8-17(22)3-4-19(18)29-25-5-6-26-29/h3-10,12-14,30H,11H2,1-2H3,(H2,23,24)/t13?,14-/m1/s1. The van der Waals surface area contributed by atoms with Crippen molar-refractivity contribution >= 4 is 5.82 Å². The molecule has 1 aromatic carbocycles. The van der Waals surface area contributed by atoms with Crippen LogP contribution in [0.5, 0.6) is 5.75 Å². The van der Waals surface area contributed by atoms with Gasteiger partial charge in [-0.25, -0.2) is 9.37 Å². The third-order valence-electron chi connectivity index (χ3n) is 4.67. The number of rotatable bonds is 7. The summed E-state index contributed by atoms with van der Waals surface area (Å²) in [6, 6.07) is 6.08. The molecule has 0 radical (unpaired) electrons. The lowest BCUT2D eigenvalue weighted by atomic mass is 10.1. The van der Waals surface area contributed by atoms with Crippen molar-refractivity contribution < 1.29 is 14.2 Å². The zero-order chi connectivity index (χ0) is 22.0.